The van der Waals surface area contributed by atoms with Crippen LogP contribution in [-0.2, 0) is 9.53 Å². The molecule has 1 fully saturated rings. The Bertz CT molecular complexity index is 1100. The van der Waals surface area contributed by atoms with Crippen molar-refractivity contribution in [2.45, 2.75) is 45.2 Å². The van der Waals surface area contributed by atoms with E-state index in [9.17, 15) is 4.79 Å². The number of aromatic nitrogens is 2. The van der Waals surface area contributed by atoms with Crippen LogP contribution in [0.3, 0.4) is 0 Å². The van der Waals surface area contributed by atoms with E-state index < -0.39 is 0 Å². The van der Waals surface area contributed by atoms with Gasteiger partial charge in [0.15, 0.2) is 5.69 Å². The standard InChI is InChI=1S/C25H27N5O2/c1-15-24(29-23-14-27-20(12-26)13-28-23)21-11-19(17-7-9-32-10-8-17)5-6-22(21)30(16(2)31)25(15)18-3-4-18/h5-7,11,13-15,18,24-25H,3-4,8-10H2,1-2H3,(H,28,29)/t15-,24-,25+/m1/s1. The largest absolute Gasteiger partial charge is 0.377 e. The zero-order valence-electron chi connectivity index (χ0n) is 18.4. The molecular formula is C25H27N5O2. The predicted octanol–water partition coefficient (Wildman–Crippen LogP) is 4.09. The molecule has 164 valence electrons. The van der Waals surface area contributed by atoms with Crippen LogP contribution in [0.25, 0.3) is 5.57 Å². The maximum Gasteiger partial charge on any atom is 0.224 e. The highest BCUT2D eigenvalue weighted by Gasteiger charge is 2.47. The highest BCUT2D eigenvalue weighted by atomic mass is 16.5. The van der Waals surface area contributed by atoms with Crippen molar-refractivity contribution in [1.82, 2.24) is 9.97 Å². The molecule has 0 unspecified atom stereocenters. The Morgan fingerprint density at radius 2 is 2.12 bits per heavy atom. The third kappa shape index (κ3) is 3.76. The van der Waals surface area contributed by atoms with Crippen LogP contribution in [0, 0.1) is 23.2 Å². The molecule has 3 atom stereocenters. The maximum absolute atomic E-state index is 12.8. The van der Waals surface area contributed by atoms with Gasteiger partial charge in [-0.05, 0) is 54.0 Å². The van der Waals surface area contributed by atoms with E-state index in [1.165, 1.54) is 17.3 Å². The Kier molecular flexibility index (Phi) is 5.40. The molecule has 5 rings (SSSR count). The second-order valence-electron chi connectivity index (χ2n) is 8.92. The summed E-state index contributed by atoms with van der Waals surface area (Å²) in [6.07, 6.45) is 8.43. The van der Waals surface area contributed by atoms with Gasteiger partial charge in [-0.25, -0.2) is 9.97 Å². The number of rotatable bonds is 4. The number of nitriles is 1. The maximum atomic E-state index is 12.8. The molecule has 1 aromatic heterocycles. The third-order valence-electron chi connectivity index (χ3n) is 6.83. The Morgan fingerprint density at radius 1 is 1.28 bits per heavy atom. The number of amides is 1. The van der Waals surface area contributed by atoms with Crippen molar-refractivity contribution in [3.63, 3.8) is 0 Å². The normalized spacial score (nSPS) is 24.8. The molecule has 0 radical (unpaired) electrons. The Morgan fingerprint density at radius 3 is 2.75 bits per heavy atom. The summed E-state index contributed by atoms with van der Waals surface area (Å²) < 4.78 is 5.49. The van der Waals surface area contributed by atoms with Gasteiger partial charge in [-0.2, -0.15) is 5.26 Å². The Labute approximate surface area is 188 Å². The fourth-order valence-electron chi connectivity index (χ4n) is 5.17. The van der Waals surface area contributed by atoms with Gasteiger partial charge in [0.2, 0.25) is 5.91 Å². The number of carbonyl (C=O) groups is 1. The van der Waals surface area contributed by atoms with Crippen molar-refractivity contribution in [3.8, 4) is 6.07 Å². The molecule has 3 aliphatic rings. The van der Waals surface area contributed by atoms with Gasteiger partial charge < -0.3 is 15.0 Å². The topological polar surface area (TPSA) is 91.1 Å². The number of carbonyl (C=O) groups excluding carboxylic acids is 1. The average molecular weight is 430 g/mol. The molecule has 7 nitrogen and oxygen atoms in total. The van der Waals surface area contributed by atoms with Crippen molar-refractivity contribution in [2.75, 3.05) is 23.4 Å². The van der Waals surface area contributed by atoms with Gasteiger partial charge in [0.05, 0.1) is 31.6 Å². The molecule has 7 heteroatoms. The van der Waals surface area contributed by atoms with Crippen LogP contribution in [0.1, 0.15) is 56.0 Å². The SMILES string of the molecule is CC(=O)N1c2ccc(C3=CCOCC3)cc2[C@H](Nc2cnc(C#N)cn2)[C@@H](C)[C@H]1C1CC1. The van der Waals surface area contributed by atoms with Gasteiger partial charge in [-0.3, -0.25) is 4.79 Å². The summed E-state index contributed by atoms with van der Waals surface area (Å²) >= 11 is 0. The van der Waals surface area contributed by atoms with E-state index in [-0.39, 0.29) is 23.9 Å². The number of hydrogen-bond acceptors (Lipinski definition) is 6. The van der Waals surface area contributed by atoms with Crippen LogP contribution in [0.5, 0.6) is 0 Å². The number of benzene rings is 1. The van der Waals surface area contributed by atoms with Crippen LogP contribution in [-0.4, -0.2) is 35.1 Å². The molecule has 0 saturated heterocycles. The van der Waals surface area contributed by atoms with E-state index >= 15 is 0 Å². The Balaban J connectivity index is 1.59. The van der Waals surface area contributed by atoms with Crippen LogP contribution in [0.15, 0.2) is 36.7 Å². The average Bonchev–Trinajstić information content (AvgIpc) is 3.66. The van der Waals surface area contributed by atoms with E-state index in [0.717, 1.165) is 37.1 Å². The summed E-state index contributed by atoms with van der Waals surface area (Å²) in [5.41, 5.74) is 4.82. The molecule has 1 aliphatic carbocycles. The minimum Gasteiger partial charge on any atom is -0.377 e. The zero-order chi connectivity index (χ0) is 22.2. The molecular weight excluding hydrogens is 402 g/mol. The van der Waals surface area contributed by atoms with Crippen LogP contribution in [0.2, 0.25) is 0 Å². The lowest BCUT2D eigenvalue weighted by Gasteiger charge is -2.46. The summed E-state index contributed by atoms with van der Waals surface area (Å²) in [5, 5.41) is 12.6. The van der Waals surface area contributed by atoms with Gasteiger partial charge in [0.25, 0.3) is 0 Å². The molecule has 1 saturated carbocycles. The van der Waals surface area contributed by atoms with Crippen molar-refractivity contribution >= 4 is 23.0 Å². The fraction of sp³-hybridized carbons (Fsp3) is 0.440. The molecule has 1 N–H and O–H groups in total. The van der Waals surface area contributed by atoms with E-state index in [4.69, 9.17) is 10.00 Å². The van der Waals surface area contributed by atoms with E-state index in [2.05, 4.69) is 46.5 Å². The first kappa shape index (κ1) is 20.7. The zero-order valence-corrected chi connectivity index (χ0v) is 18.4. The molecule has 2 aromatic rings. The van der Waals surface area contributed by atoms with Crippen molar-refractivity contribution < 1.29 is 9.53 Å². The van der Waals surface area contributed by atoms with Gasteiger partial charge in [0.1, 0.15) is 11.9 Å². The first-order valence-electron chi connectivity index (χ1n) is 11.3. The first-order chi connectivity index (χ1) is 15.6. The number of nitrogens with one attached hydrogen (secondary N) is 1. The number of nitrogens with zero attached hydrogens (tertiary/aromatic N) is 4. The summed E-state index contributed by atoms with van der Waals surface area (Å²) in [7, 11) is 0. The summed E-state index contributed by atoms with van der Waals surface area (Å²) in [4.78, 5) is 23.4. The van der Waals surface area contributed by atoms with Gasteiger partial charge in [-0.15, -0.1) is 0 Å². The highest BCUT2D eigenvalue weighted by molar-refractivity contribution is 5.94. The van der Waals surface area contributed by atoms with E-state index in [0.29, 0.717) is 24.0 Å². The predicted molar refractivity (Wildman–Crippen MR) is 122 cm³/mol. The monoisotopic (exact) mass is 429 g/mol. The van der Waals surface area contributed by atoms with Crippen LogP contribution >= 0.6 is 0 Å². The first-order valence-corrected chi connectivity index (χ1v) is 11.3. The number of anilines is 2. The summed E-state index contributed by atoms with van der Waals surface area (Å²) in [6.45, 7) is 5.25. The van der Waals surface area contributed by atoms with Gasteiger partial charge in [-0.1, -0.05) is 19.1 Å². The van der Waals surface area contributed by atoms with Crippen LogP contribution < -0.4 is 10.2 Å². The molecule has 0 bridgehead atoms. The summed E-state index contributed by atoms with van der Waals surface area (Å²) in [5.74, 6) is 1.43. The molecule has 0 spiro atoms. The van der Waals surface area contributed by atoms with Crippen molar-refractivity contribution in [3.05, 3.63) is 53.5 Å². The highest BCUT2D eigenvalue weighted by Crippen LogP contribution is 2.50. The summed E-state index contributed by atoms with van der Waals surface area (Å²) in [6, 6.07) is 8.59. The molecule has 32 heavy (non-hydrogen) atoms. The lowest BCUT2D eigenvalue weighted by atomic mass is 9.79. The lowest BCUT2D eigenvalue weighted by molar-refractivity contribution is -0.117. The number of ether oxygens (including phenoxy) is 1. The number of hydrogen-bond donors (Lipinski definition) is 1. The molecule has 1 aromatic carbocycles. The van der Waals surface area contributed by atoms with Crippen molar-refractivity contribution in [2.24, 2.45) is 11.8 Å². The van der Waals surface area contributed by atoms with Crippen molar-refractivity contribution in [1.29, 1.82) is 5.26 Å². The molecule has 3 heterocycles. The fourth-order valence-corrected chi connectivity index (χ4v) is 5.17. The molecule has 1 amide bonds. The lowest BCUT2D eigenvalue weighted by Crippen LogP contribution is -2.51. The minimum absolute atomic E-state index is 0.0196. The quantitative estimate of drug-likeness (QED) is 0.787. The third-order valence-corrected chi connectivity index (χ3v) is 6.83. The van der Waals surface area contributed by atoms with E-state index in [1.807, 2.05) is 11.0 Å². The minimum atomic E-state index is -0.0196. The molecule has 2 aliphatic heterocycles. The number of fused-ring (bicyclic) bond motifs is 1. The second kappa shape index (κ2) is 8.36. The van der Waals surface area contributed by atoms with Crippen LogP contribution in [0.4, 0.5) is 11.5 Å². The Hall–Kier alpha value is -3.24. The van der Waals surface area contributed by atoms with Gasteiger partial charge in [0, 0.05) is 24.6 Å². The van der Waals surface area contributed by atoms with Gasteiger partial charge >= 0.3 is 0 Å². The smallest absolute Gasteiger partial charge is 0.224 e. The van der Waals surface area contributed by atoms with E-state index in [1.54, 1.807) is 13.1 Å². The second-order valence-corrected chi connectivity index (χ2v) is 8.92.